The lowest BCUT2D eigenvalue weighted by Crippen LogP contribution is -2.38. The van der Waals surface area contributed by atoms with Crippen LogP contribution in [0.1, 0.15) is 26.2 Å². The second-order valence-electron chi connectivity index (χ2n) is 4.07. The Balaban J connectivity index is 2.08. The molecule has 0 bridgehead atoms. The summed E-state index contributed by atoms with van der Waals surface area (Å²) in [4.78, 5) is 11.1. The van der Waals surface area contributed by atoms with E-state index in [1.165, 1.54) is 0 Å². The zero-order valence-electron chi connectivity index (χ0n) is 9.85. The average Bonchev–Trinajstić information content (AvgIpc) is 2.70. The van der Waals surface area contributed by atoms with Crippen molar-refractivity contribution in [3.63, 3.8) is 0 Å². The maximum absolute atomic E-state index is 11.1. The van der Waals surface area contributed by atoms with Gasteiger partial charge in [0, 0.05) is 6.42 Å². The Kier molecular flexibility index (Phi) is 3.52. The van der Waals surface area contributed by atoms with E-state index >= 15 is 0 Å². The van der Waals surface area contributed by atoms with Gasteiger partial charge in [0.05, 0.1) is 0 Å². The van der Waals surface area contributed by atoms with E-state index in [1.807, 2.05) is 30.3 Å². The van der Waals surface area contributed by atoms with Crippen LogP contribution in [0.25, 0.3) is 0 Å². The Morgan fingerprint density at radius 3 is 2.71 bits per heavy atom. The van der Waals surface area contributed by atoms with Crippen molar-refractivity contribution in [2.24, 2.45) is 0 Å². The van der Waals surface area contributed by atoms with Gasteiger partial charge in [0.2, 0.25) is 0 Å². The Bertz CT molecular complexity index is 376. The van der Waals surface area contributed by atoms with Crippen LogP contribution in [0.2, 0.25) is 0 Å². The number of rotatable bonds is 5. The molecular weight excluding hydrogens is 220 g/mol. The quantitative estimate of drug-likeness (QED) is 0.737. The van der Waals surface area contributed by atoms with Crippen molar-refractivity contribution >= 4 is 6.16 Å². The second kappa shape index (κ2) is 5.08. The van der Waals surface area contributed by atoms with Gasteiger partial charge >= 0.3 is 6.16 Å². The number of cyclic esters (lactones) is 2. The summed E-state index contributed by atoms with van der Waals surface area (Å²) >= 11 is 0. The fourth-order valence-electron chi connectivity index (χ4n) is 1.75. The lowest BCUT2D eigenvalue weighted by atomic mass is 10.1. The van der Waals surface area contributed by atoms with E-state index in [2.05, 4.69) is 6.92 Å². The number of hydrogen-bond donors (Lipinski definition) is 0. The molecule has 0 spiro atoms. The summed E-state index contributed by atoms with van der Waals surface area (Å²) in [6.07, 6.45) is 1.92. The molecule has 17 heavy (non-hydrogen) atoms. The summed E-state index contributed by atoms with van der Waals surface area (Å²) in [7, 11) is 0. The Morgan fingerprint density at radius 1 is 1.35 bits per heavy atom. The minimum Gasteiger partial charge on any atom is -0.449 e. The van der Waals surface area contributed by atoms with Gasteiger partial charge in [-0.1, -0.05) is 31.5 Å². The smallest absolute Gasteiger partial charge is 0.449 e. The summed E-state index contributed by atoms with van der Waals surface area (Å²) in [5.74, 6) is -0.268. The highest BCUT2D eigenvalue weighted by molar-refractivity contribution is 5.62. The van der Waals surface area contributed by atoms with Crippen molar-refractivity contribution in [3.8, 4) is 5.75 Å². The fourth-order valence-corrected chi connectivity index (χ4v) is 1.75. The van der Waals surface area contributed by atoms with Crippen molar-refractivity contribution in [1.82, 2.24) is 0 Å². The number of para-hydroxylation sites is 1. The molecule has 4 heteroatoms. The van der Waals surface area contributed by atoms with E-state index in [-0.39, 0.29) is 6.61 Å². The predicted molar refractivity (Wildman–Crippen MR) is 61.8 cm³/mol. The number of benzene rings is 1. The molecule has 0 amide bonds. The van der Waals surface area contributed by atoms with Gasteiger partial charge < -0.3 is 14.2 Å². The molecule has 0 aromatic heterocycles. The van der Waals surface area contributed by atoms with E-state index in [4.69, 9.17) is 14.2 Å². The van der Waals surface area contributed by atoms with Gasteiger partial charge in [-0.05, 0) is 18.6 Å². The number of ether oxygens (including phenoxy) is 3. The van der Waals surface area contributed by atoms with E-state index in [0.717, 1.165) is 12.8 Å². The fraction of sp³-hybridized carbons (Fsp3) is 0.462. The van der Waals surface area contributed by atoms with Crippen LogP contribution in [0.15, 0.2) is 30.3 Å². The molecule has 0 saturated carbocycles. The third kappa shape index (κ3) is 2.90. The van der Waals surface area contributed by atoms with Crippen molar-refractivity contribution < 1.29 is 19.0 Å². The summed E-state index contributed by atoms with van der Waals surface area (Å²) in [6, 6.07) is 9.32. The van der Waals surface area contributed by atoms with Gasteiger partial charge in [0.1, 0.15) is 5.75 Å². The molecule has 92 valence electrons. The van der Waals surface area contributed by atoms with Gasteiger partial charge in [0.25, 0.3) is 5.79 Å². The van der Waals surface area contributed by atoms with Crippen LogP contribution < -0.4 is 4.74 Å². The Hall–Kier alpha value is -1.71. The third-order valence-electron chi connectivity index (χ3n) is 2.64. The second-order valence-corrected chi connectivity index (χ2v) is 4.07. The van der Waals surface area contributed by atoms with Crippen LogP contribution in [0.4, 0.5) is 4.79 Å². The standard InChI is InChI=1S/C13H16O4/c1-2-3-9-13(10-15-12(14)17-13)16-11-7-5-4-6-8-11/h4-8H,2-3,9-10H2,1H3. The molecule has 1 aliphatic heterocycles. The molecule has 1 aliphatic rings. The monoisotopic (exact) mass is 236 g/mol. The first-order chi connectivity index (χ1) is 8.24. The molecule has 1 atom stereocenters. The number of carbonyl (C=O) groups excluding carboxylic acids is 1. The molecular formula is C13H16O4. The van der Waals surface area contributed by atoms with Crippen molar-refractivity contribution in [3.05, 3.63) is 30.3 Å². The molecule has 1 aromatic carbocycles. The van der Waals surface area contributed by atoms with Crippen LogP contribution in [0.3, 0.4) is 0 Å². The first-order valence-electron chi connectivity index (χ1n) is 5.84. The predicted octanol–water partition coefficient (Wildman–Crippen LogP) is 3.12. The van der Waals surface area contributed by atoms with Crippen molar-refractivity contribution in [1.29, 1.82) is 0 Å². The SMILES string of the molecule is CCCCC1(Oc2ccccc2)COC(=O)O1. The highest BCUT2D eigenvalue weighted by Gasteiger charge is 2.44. The van der Waals surface area contributed by atoms with Gasteiger partial charge in [-0.15, -0.1) is 0 Å². The van der Waals surface area contributed by atoms with E-state index < -0.39 is 11.9 Å². The summed E-state index contributed by atoms with van der Waals surface area (Å²) in [6.45, 7) is 2.23. The topological polar surface area (TPSA) is 44.8 Å². The highest BCUT2D eigenvalue weighted by Crippen LogP contribution is 2.29. The summed E-state index contributed by atoms with van der Waals surface area (Å²) in [5, 5.41) is 0. The lowest BCUT2D eigenvalue weighted by molar-refractivity contribution is -0.117. The number of carbonyl (C=O) groups is 1. The van der Waals surface area contributed by atoms with Crippen molar-refractivity contribution in [2.45, 2.75) is 32.0 Å². The zero-order valence-corrected chi connectivity index (χ0v) is 9.85. The van der Waals surface area contributed by atoms with Crippen LogP contribution in [0, 0.1) is 0 Å². The van der Waals surface area contributed by atoms with Gasteiger partial charge in [-0.3, -0.25) is 0 Å². The normalized spacial score (nSPS) is 23.0. The number of unbranched alkanes of at least 4 members (excludes halogenated alkanes) is 1. The summed E-state index contributed by atoms with van der Waals surface area (Å²) < 4.78 is 15.8. The largest absolute Gasteiger partial charge is 0.512 e. The molecule has 1 aromatic rings. The van der Waals surface area contributed by atoms with E-state index in [1.54, 1.807) is 0 Å². The molecule has 1 unspecified atom stereocenters. The molecule has 4 nitrogen and oxygen atoms in total. The van der Waals surface area contributed by atoms with E-state index in [0.29, 0.717) is 12.2 Å². The molecule has 1 fully saturated rings. The summed E-state index contributed by atoms with van der Waals surface area (Å²) in [5.41, 5.74) is 0. The minimum atomic E-state index is -0.950. The molecule has 0 aliphatic carbocycles. The Morgan fingerprint density at radius 2 is 2.12 bits per heavy atom. The van der Waals surface area contributed by atoms with Crippen LogP contribution >= 0.6 is 0 Å². The Labute approximate surface area is 100 Å². The maximum atomic E-state index is 11.1. The average molecular weight is 236 g/mol. The zero-order chi connectivity index (χ0) is 12.1. The van der Waals surface area contributed by atoms with Crippen LogP contribution in [0.5, 0.6) is 5.75 Å². The first-order valence-corrected chi connectivity index (χ1v) is 5.84. The molecule has 1 saturated heterocycles. The maximum Gasteiger partial charge on any atom is 0.512 e. The number of hydrogen-bond acceptors (Lipinski definition) is 4. The van der Waals surface area contributed by atoms with Gasteiger partial charge in [-0.2, -0.15) is 0 Å². The molecule has 1 heterocycles. The van der Waals surface area contributed by atoms with Crippen LogP contribution in [-0.4, -0.2) is 18.5 Å². The molecule has 0 radical (unpaired) electrons. The van der Waals surface area contributed by atoms with E-state index in [9.17, 15) is 4.79 Å². The highest BCUT2D eigenvalue weighted by atomic mass is 16.8. The molecule has 2 rings (SSSR count). The van der Waals surface area contributed by atoms with Crippen molar-refractivity contribution in [2.75, 3.05) is 6.61 Å². The molecule has 0 N–H and O–H groups in total. The lowest BCUT2D eigenvalue weighted by Gasteiger charge is -2.25. The van der Waals surface area contributed by atoms with Gasteiger partial charge in [0.15, 0.2) is 6.61 Å². The van der Waals surface area contributed by atoms with Crippen LogP contribution in [-0.2, 0) is 9.47 Å². The minimum absolute atomic E-state index is 0.153. The third-order valence-corrected chi connectivity index (χ3v) is 2.64. The van der Waals surface area contributed by atoms with Gasteiger partial charge in [-0.25, -0.2) is 4.79 Å². The first kappa shape index (κ1) is 11.8.